The molecular weight excluding hydrogens is 269 g/mol. The van der Waals surface area contributed by atoms with Gasteiger partial charge in [0.25, 0.3) is 0 Å². The standard InChI is InChI=1S/C13H17F3N4/c1-19(2)3-4-20-12(7-18-13(20)17)8-5-10(15)11(16)6-9(8)14/h5-6,12H,3-4,7H2,1-2H3,(H2,17,18). The lowest BCUT2D eigenvalue weighted by Crippen LogP contribution is -2.40. The first kappa shape index (κ1) is 14.6. The number of aliphatic imine (C=N–C) groups is 1. The Kier molecular flexibility index (Phi) is 4.17. The van der Waals surface area contributed by atoms with Gasteiger partial charge in [-0.15, -0.1) is 0 Å². The van der Waals surface area contributed by atoms with Crippen molar-refractivity contribution in [2.24, 2.45) is 10.7 Å². The van der Waals surface area contributed by atoms with E-state index < -0.39 is 23.5 Å². The molecule has 4 nitrogen and oxygen atoms in total. The molecule has 2 N–H and O–H groups in total. The quantitative estimate of drug-likeness (QED) is 0.850. The van der Waals surface area contributed by atoms with Crippen LogP contribution in [0.5, 0.6) is 0 Å². The van der Waals surface area contributed by atoms with E-state index in [1.165, 1.54) is 0 Å². The molecule has 1 aliphatic heterocycles. The lowest BCUT2D eigenvalue weighted by Gasteiger charge is -2.28. The summed E-state index contributed by atoms with van der Waals surface area (Å²) < 4.78 is 40.1. The van der Waals surface area contributed by atoms with Gasteiger partial charge in [-0.25, -0.2) is 13.2 Å². The lowest BCUT2D eigenvalue weighted by molar-refractivity contribution is 0.288. The molecule has 7 heteroatoms. The van der Waals surface area contributed by atoms with Crippen LogP contribution in [0.1, 0.15) is 11.6 Å². The van der Waals surface area contributed by atoms with E-state index in [1.54, 1.807) is 4.90 Å². The minimum Gasteiger partial charge on any atom is -0.370 e. The monoisotopic (exact) mass is 286 g/mol. The van der Waals surface area contributed by atoms with Gasteiger partial charge in [-0.2, -0.15) is 0 Å². The fraction of sp³-hybridized carbons (Fsp3) is 0.462. The molecule has 0 aromatic heterocycles. The van der Waals surface area contributed by atoms with Crippen molar-refractivity contribution in [2.45, 2.75) is 6.04 Å². The molecule has 0 spiro atoms. The molecule has 1 aromatic carbocycles. The summed E-state index contributed by atoms with van der Waals surface area (Å²) in [4.78, 5) is 7.72. The van der Waals surface area contributed by atoms with Crippen LogP contribution in [0.15, 0.2) is 17.1 Å². The van der Waals surface area contributed by atoms with Gasteiger partial charge in [-0.1, -0.05) is 0 Å². The highest BCUT2D eigenvalue weighted by molar-refractivity contribution is 5.80. The van der Waals surface area contributed by atoms with Crippen molar-refractivity contribution in [2.75, 3.05) is 33.7 Å². The van der Waals surface area contributed by atoms with E-state index in [-0.39, 0.29) is 12.1 Å². The predicted octanol–water partition coefficient (Wildman–Crippen LogP) is 1.34. The van der Waals surface area contributed by atoms with Gasteiger partial charge in [0, 0.05) is 24.7 Å². The minimum absolute atomic E-state index is 0.0758. The minimum atomic E-state index is -1.20. The highest BCUT2D eigenvalue weighted by Gasteiger charge is 2.30. The van der Waals surface area contributed by atoms with Crippen molar-refractivity contribution in [1.82, 2.24) is 9.80 Å². The summed E-state index contributed by atoms with van der Waals surface area (Å²) in [7, 11) is 3.80. The summed E-state index contributed by atoms with van der Waals surface area (Å²) in [6.07, 6.45) is 0. The Balaban J connectivity index is 2.25. The summed E-state index contributed by atoms with van der Waals surface area (Å²) in [5, 5.41) is 0. The molecular formula is C13H17F3N4. The van der Waals surface area contributed by atoms with Crippen LogP contribution in [0.25, 0.3) is 0 Å². The van der Waals surface area contributed by atoms with Crippen molar-refractivity contribution < 1.29 is 13.2 Å². The largest absolute Gasteiger partial charge is 0.370 e. The van der Waals surface area contributed by atoms with Gasteiger partial charge < -0.3 is 15.5 Å². The summed E-state index contributed by atoms with van der Waals surface area (Å²) in [5.74, 6) is -2.76. The number of hydrogen-bond donors (Lipinski definition) is 1. The van der Waals surface area contributed by atoms with E-state index in [9.17, 15) is 13.2 Å². The van der Waals surface area contributed by atoms with Crippen molar-refractivity contribution in [1.29, 1.82) is 0 Å². The molecule has 1 aromatic rings. The zero-order valence-electron chi connectivity index (χ0n) is 11.4. The summed E-state index contributed by atoms with van der Waals surface area (Å²) in [6, 6.07) is 0.945. The zero-order chi connectivity index (χ0) is 14.9. The second-order valence-corrected chi connectivity index (χ2v) is 5.00. The predicted molar refractivity (Wildman–Crippen MR) is 70.8 cm³/mol. The molecule has 1 heterocycles. The van der Waals surface area contributed by atoms with E-state index in [1.807, 2.05) is 19.0 Å². The maximum absolute atomic E-state index is 13.8. The van der Waals surface area contributed by atoms with Crippen molar-refractivity contribution in [3.8, 4) is 0 Å². The molecule has 0 aliphatic carbocycles. The molecule has 0 saturated heterocycles. The van der Waals surface area contributed by atoms with Gasteiger partial charge >= 0.3 is 0 Å². The Morgan fingerprint density at radius 2 is 1.90 bits per heavy atom. The second-order valence-electron chi connectivity index (χ2n) is 5.00. The average Bonchev–Trinajstić information content (AvgIpc) is 2.72. The topological polar surface area (TPSA) is 44.9 Å². The SMILES string of the molecule is CN(C)CCN1C(N)=NCC1c1cc(F)c(F)cc1F. The van der Waals surface area contributed by atoms with Gasteiger partial charge in [-0.3, -0.25) is 4.99 Å². The lowest BCUT2D eigenvalue weighted by atomic mass is 10.1. The number of guanidine groups is 1. The average molecular weight is 286 g/mol. The van der Waals surface area contributed by atoms with Crippen molar-refractivity contribution >= 4 is 5.96 Å². The van der Waals surface area contributed by atoms with E-state index in [0.29, 0.717) is 25.1 Å². The normalized spacial score (nSPS) is 18.8. The van der Waals surface area contributed by atoms with E-state index in [2.05, 4.69) is 4.99 Å². The van der Waals surface area contributed by atoms with E-state index >= 15 is 0 Å². The molecule has 0 saturated carbocycles. The Labute approximate surface area is 115 Å². The van der Waals surface area contributed by atoms with Crippen LogP contribution in [-0.4, -0.2) is 49.5 Å². The van der Waals surface area contributed by atoms with Crippen LogP contribution in [0.4, 0.5) is 13.2 Å². The number of benzene rings is 1. The Hall–Kier alpha value is -1.76. The van der Waals surface area contributed by atoms with Crippen LogP contribution >= 0.6 is 0 Å². The van der Waals surface area contributed by atoms with E-state index in [4.69, 9.17) is 5.73 Å². The van der Waals surface area contributed by atoms with Gasteiger partial charge in [0.1, 0.15) is 5.82 Å². The number of nitrogens with zero attached hydrogens (tertiary/aromatic N) is 3. The molecule has 0 amide bonds. The van der Waals surface area contributed by atoms with E-state index in [0.717, 1.165) is 6.07 Å². The molecule has 110 valence electrons. The van der Waals surface area contributed by atoms with Gasteiger partial charge in [0.05, 0.1) is 12.6 Å². The molecule has 1 atom stereocenters. The summed E-state index contributed by atoms with van der Waals surface area (Å²) >= 11 is 0. The maximum atomic E-state index is 13.8. The van der Waals surface area contributed by atoms with Crippen LogP contribution in [-0.2, 0) is 0 Å². The highest BCUT2D eigenvalue weighted by Crippen LogP contribution is 2.28. The molecule has 0 fully saturated rings. The number of halogens is 3. The maximum Gasteiger partial charge on any atom is 0.191 e. The number of hydrogen-bond acceptors (Lipinski definition) is 4. The molecule has 1 aliphatic rings. The third-order valence-corrected chi connectivity index (χ3v) is 3.28. The third-order valence-electron chi connectivity index (χ3n) is 3.28. The van der Waals surface area contributed by atoms with Crippen LogP contribution in [0.2, 0.25) is 0 Å². The number of rotatable bonds is 4. The number of likely N-dealkylation sites (N-methyl/N-ethyl adjacent to an activating group) is 1. The van der Waals surface area contributed by atoms with Gasteiger partial charge in [0.15, 0.2) is 17.6 Å². The molecule has 0 bridgehead atoms. The van der Waals surface area contributed by atoms with Crippen molar-refractivity contribution in [3.05, 3.63) is 35.1 Å². The first-order valence-electron chi connectivity index (χ1n) is 6.26. The summed E-state index contributed by atoms with van der Waals surface area (Å²) in [5.41, 5.74) is 5.85. The highest BCUT2D eigenvalue weighted by atomic mass is 19.2. The molecule has 0 radical (unpaired) electrons. The van der Waals surface area contributed by atoms with Crippen LogP contribution < -0.4 is 5.73 Å². The molecule has 1 unspecified atom stereocenters. The Bertz CT molecular complexity index is 531. The summed E-state index contributed by atoms with van der Waals surface area (Å²) in [6.45, 7) is 1.46. The number of nitrogens with two attached hydrogens (primary N) is 1. The molecule has 20 heavy (non-hydrogen) atoms. The molecule has 2 rings (SSSR count). The Morgan fingerprint density at radius 1 is 1.25 bits per heavy atom. The van der Waals surface area contributed by atoms with Gasteiger partial charge in [-0.05, 0) is 20.2 Å². The van der Waals surface area contributed by atoms with Crippen molar-refractivity contribution in [3.63, 3.8) is 0 Å². The third kappa shape index (κ3) is 2.87. The smallest absolute Gasteiger partial charge is 0.191 e. The second kappa shape index (κ2) is 5.70. The fourth-order valence-electron chi connectivity index (χ4n) is 2.17. The van der Waals surface area contributed by atoms with Crippen LogP contribution in [0, 0.1) is 17.5 Å². The first-order chi connectivity index (χ1) is 9.40. The fourth-order valence-corrected chi connectivity index (χ4v) is 2.17. The zero-order valence-corrected chi connectivity index (χ0v) is 11.4. The van der Waals surface area contributed by atoms with Crippen LogP contribution in [0.3, 0.4) is 0 Å². The van der Waals surface area contributed by atoms with Gasteiger partial charge in [0.2, 0.25) is 0 Å². The Morgan fingerprint density at radius 3 is 2.55 bits per heavy atom. The first-order valence-corrected chi connectivity index (χ1v) is 6.26.